The number of aryl methyl sites for hydroxylation is 1. The van der Waals surface area contributed by atoms with Gasteiger partial charge in [0.2, 0.25) is 0 Å². The molecule has 1 aromatic heterocycles. The van der Waals surface area contributed by atoms with Crippen LogP contribution in [0.2, 0.25) is 0 Å². The van der Waals surface area contributed by atoms with E-state index in [1.54, 1.807) is 0 Å². The third-order valence-electron chi connectivity index (χ3n) is 2.98. The normalized spacial score (nSPS) is 10.7. The third kappa shape index (κ3) is 3.33. The van der Waals surface area contributed by atoms with Crippen LogP contribution >= 0.6 is 15.9 Å². The van der Waals surface area contributed by atoms with Gasteiger partial charge in [0.15, 0.2) is 5.82 Å². The molecule has 1 heterocycles. The molecule has 0 aliphatic carbocycles. The molecule has 0 saturated heterocycles. The van der Waals surface area contributed by atoms with Crippen molar-refractivity contribution in [3.63, 3.8) is 0 Å². The molecule has 0 saturated carbocycles. The van der Waals surface area contributed by atoms with Gasteiger partial charge in [-0.3, -0.25) is 0 Å². The number of rotatable bonds is 5. The van der Waals surface area contributed by atoms with E-state index >= 15 is 0 Å². The zero-order valence-corrected chi connectivity index (χ0v) is 12.6. The Bertz CT molecular complexity index is 568. The van der Waals surface area contributed by atoms with Gasteiger partial charge in [0.25, 0.3) is 0 Å². The fraction of sp³-hybridized carbons (Fsp3) is 0.385. The summed E-state index contributed by atoms with van der Waals surface area (Å²) in [7, 11) is 1.93. The lowest BCUT2D eigenvalue weighted by Gasteiger charge is -2.11. The summed E-state index contributed by atoms with van der Waals surface area (Å²) in [6.45, 7) is 2.91. The summed E-state index contributed by atoms with van der Waals surface area (Å²) in [6, 6.07) is 5.93. The van der Waals surface area contributed by atoms with Gasteiger partial charge in [0.05, 0.1) is 0 Å². The van der Waals surface area contributed by atoms with Crippen LogP contribution in [-0.4, -0.2) is 21.3 Å². The van der Waals surface area contributed by atoms with Gasteiger partial charge in [0.1, 0.15) is 18.2 Å². The van der Waals surface area contributed by atoms with Gasteiger partial charge >= 0.3 is 0 Å². The van der Waals surface area contributed by atoms with Crippen LogP contribution in [0, 0.1) is 6.92 Å². The average molecular weight is 325 g/mol. The molecule has 0 amide bonds. The molecule has 0 atom stereocenters. The van der Waals surface area contributed by atoms with E-state index in [4.69, 9.17) is 10.5 Å². The summed E-state index contributed by atoms with van der Waals surface area (Å²) in [6.07, 6.45) is 0.784. The van der Waals surface area contributed by atoms with Crippen LogP contribution in [0.1, 0.15) is 17.2 Å². The van der Waals surface area contributed by atoms with Gasteiger partial charge in [0, 0.05) is 11.5 Å². The first kappa shape index (κ1) is 14.0. The number of hydrogen-bond donors (Lipinski definition) is 1. The molecule has 1 aromatic carbocycles. The van der Waals surface area contributed by atoms with Crippen LogP contribution in [0.3, 0.4) is 0 Å². The Kier molecular flexibility index (Phi) is 4.55. The van der Waals surface area contributed by atoms with E-state index < -0.39 is 0 Å². The Labute approximate surface area is 120 Å². The standard InChI is InChI=1S/C13H17BrN4O/c1-9-16-17-13(18(9)2)8-19-12-4-3-11(14)7-10(12)5-6-15/h3-4,7H,5-6,8,15H2,1-2H3. The summed E-state index contributed by atoms with van der Waals surface area (Å²) in [4.78, 5) is 0. The van der Waals surface area contributed by atoms with Crippen LogP contribution < -0.4 is 10.5 Å². The van der Waals surface area contributed by atoms with Gasteiger partial charge in [-0.15, -0.1) is 10.2 Å². The highest BCUT2D eigenvalue weighted by Crippen LogP contribution is 2.24. The molecule has 0 unspecified atom stereocenters. The lowest BCUT2D eigenvalue weighted by Crippen LogP contribution is -2.08. The van der Waals surface area contributed by atoms with Crippen molar-refractivity contribution in [3.8, 4) is 5.75 Å². The molecule has 0 bridgehead atoms. The predicted molar refractivity (Wildman–Crippen MR) is 77.0 cm³/mol. The summed E-state index contributed by atoms with van der Waals surface area (Å²) < 4.78 is 8.77. The maximum Gasteiger partial charge on any atom is 0.170 e. The van der Waals surface area contributed by atoms with E-state index in [0.717, 1.165) is 33.9 Å². The van der Waals surface area contributed by atoms with E-state index in [1.807, 2.05) is 36.7 Å². The fourth-order valence-corrected chi connectivity index (χ4v) is 2.17. The third-order valence-corrected chi connectivity index (χ3v) is 3.47. The maximum absolute atomic E-state index is 5.83. The molecule has 2 aromatic rings. The van der Waals surface area contributed by atoms with Crippen molar-refractivity contribution in [2.45, 2.75) is 20.0 Å². The highest BCUT2D eigenvalue weighted by molar-refractivity contribution is 9.10. The molecule has 0 aliphatic rings. The number of nitrogens with zero attached hydrogens (tertiary/aromatic N) is 3. The van der Waals surface area contributed by atoms with Gasteiger partial charge < -0.3 is 15.0 Å². The first-order valence-corrected chi connectivity index (χ1v) is 6.87. The second kappa shape index (κ2) is 6.16. The lowest BCUT2D eigenvalue weighted by atomic mass is 10.1. The Balaban J connectivity index is 2.12. The van der Waals surface area contributed by atoms with E-state index in [1.165, 1.54) is 0 Å². The molecule has 102 valence electrons. The maximum atomic E-state index is 5.83. The molecule has 2 rings (SSSR count). The quantitative estimate of drug-likeness (QED) is 0.913. The van der Waals surface area contributed by atoms with Crippen molar-refractivity contribution < 1.29 is 4.74 Å². The number of hydrogen-bond acceptors (Lipinski definition) is 4. The molecule has 2 N–H and O–H groups in total. The molecular formula is C13H17BrN4O. The van der Waals surface area contributed by atoms with Gasteiger partial charge in [-0.05, 0) is 43.7 Å². The van der Waals surface area contributed by atoms with Crippen molar-refractivity contribution in [1.29, 1.82) is 0 Å². The van der Waals surface area contributed by atoms with Crippen molar-refractivity contribution in [2.24, 2.45) is 12.8 Å². The first-order valence-electron chi connectivity index (χ1n) is 6.08. The highest BCUT2D eigenvalue weighted by Gasteiger charge is 2.08. The molecule has 5 nitrogen and oxygen atoms in total. The molecule has 0 fully saturated rings. The fourth-order valence-electron chi connectivity index (χ4n) is 1.76. The monoisotopic (exact) mass is 324 g/mol. The minimum atomic E-state index is 0.399. The zero-order valence-electron chi connectivity index (χ0n) is 11.1. The van der Waals surface area contributed by atoms with Crippen LogP contribution in [-0.2, 0) is 20.1 Å². The van der Waals surface area contributed by atoms with E-state index in [0.29, 0.717) is 13.2 Å². The highest BCUT2D eigenvalue weighted by atomic mass is 79.9. The van der Waals surface area contributed by atoms with E-state index in [2.05, 4.69) is 26.1 Å². The predicted octanol–water partition coefficient (Wildman–Crippen LogP) is 1.97. The van der Waals surface area contributed by atoms with Gasteiger partial charge in [-0.25, -0.2) is 0 Å². The minimum absolute atomic E-state index is 0.399. The van der Waals surface area contributed by atoms with Crippen molar-refractivity contribution in [2.75, 3.05) is 6.54 Å². The topological polar surface area (TPSA) is 66.0 Å². The minimum Gasteiger partial charge on any atom is -0.485 e. The van der Waals surface area contributed by atoms with Crippen molar-refractivity contribution >= 4 is 15.9 Å². The zero-order chi connectivity index (χ0) is 13.8. The SMILES string of the molecule is Cc1nnc(COc2ccc(Br)cc2CCN)n1C. The summed E-state index contributed by atoms with van der Waals surface area (Å²) in [5.41, 5.74) is 6.71. The summed E-state index contributed by atoms with van der Waals surface area (Å²) in [5.74, 6) is 2.52. The van der Waals surface area contributed by atoms with Crippen molar-refractivity contribution in [1.82, 2.24) is 14.8 Å². The molecule has 19 heavy (non-hydrogen) atoms. The second-order valence-electron chi connectivity index (χ2n) is 4.30. The second-order valence-corrected chi connectivity index (χ2v) is 5.22. The smallest absolute Gasteiger partial charge is 0.170 e. The van der Waals surface area contributed by atoms with Crippen LogP contribution in [0.5, 0.6) is 5.75 Å². The van der Waals surface area contributed by atoms with Gasteiger partial charge in [-0.2, -0.15) is 0 Å². The largest absolute Gasteiger partial charge is 0.485 e. The van der Waals surface area contributed by atoms with Crippen LogP contribution in [0.4, 0.5) is 0 Å². The Morgan fingerprint density at radius 1 is 1.37 bits per heavy atom. The first-order chi connectivity index (χ1) is 9.11. The Morgan fingerprint density at radius 3 is 2.79 bits per heavy atom. The van der Waals surface area contributed by atoms with Gasteiger partial charge in [-0.1, -0.05) is 15.9 Å². The number of aromatic nitrogens is 3. The molecular weight excluding hydrogens is 308 g/mol. The van der Waals surface area contributed by atoms with Crippen molar-refractivity contribution in [3.05, 3.63) is 39.9 Å². The van der Waals surface area contributed by atoms with Crippen LogP contribution in [0.25, 0.3) is 0 Å². The lowest BCUT2D eigenvalue weighted by molar-refractivity contribution is 0.288. The Morgan fingerprint density at radius 2 is 2.16 bits per heavy atom. The average Bonchev–Trinajstić information content (AvgIpc) is 2.70. The molecule has 0 aliphatic heterocycles. The molecule has 0 radical (unpaired) electrons. The van der Waals surface area contributed by atoms with E-state index in [-0.39, 0.29) is 0 Å². The number of benzene rings is 1. The molecule has 6 heteroatoms. The summed E-state index contributed by atoms with van der Waals surface area (Å²) >= 11 is 3.45. The Hall–Kier alpha value is -1.40. The number of halogens is 1. The number of nitrogens with two attached hydrogens (primary N) is 1. The molecule has 0 spiro atoms. The van der Waals surface area contributed by atoms with Crippen LogP contribution in [0.15, 0.2) is 22.7 Å². The number of ether oxygens (including phenoxy) is 1. The summed E-state index contributed by atoms with van der Waals surface area (Å²) in [5, 5.41) is 8.08. The van der Waals surface area contributed by atoms with E-state index in [9.17, 15) is 0 Å².